The summed E-state index contributed by atoms with van der Waals surface area (Å²) >= 11 is 0. The normalized spacial score (nSPS) is 14.1. The molecule has 1 atom stereocenters. The summed E-state index contributed by atoms with van der Waals surface area (Å²) in [6.07, 6.45) is -4.84. The number of alkyl halides is 3. The molecule has 2 N–H and O–H groups in total. The van der Waals surface area contributed by atoms with E-state index in [1.54, 1.807) is 12.1 Å². The van der Waals surface area contributed by atoms with E-state index in [1.807, 2.05) is 0 Å². The number of hydrogen-bond acceptors (Lipinski definition) is 4. The standard InChI is InChI=1S/C11H16F3NO3/c12-11(13,14)3-4-15(6-9(17)8-16)7-10-2-1-5-18-10/h1-2,5,9,16-17H,3-4,6-8H2/t9-/m0/s1. The van der Waals surface area contributed by atoms with Crippen LogP contribution in [0.4, 0.5) is 13.2 Å². The lowest BCUT2D eigenvalue weighted by molar-refractivity contribution is -0.139. The summed E-state index contributed by atoms with van der Waals surface area (Å²) in [6, 6.07) is 3.28. The van der Waals surface area contributed by atoms with Crippen LogP contribution in [0, 0.1) is 0 Å². The molecule has 1 rings (SSSR count). The van der Waals surface area contributed by atoms with Crippen LogP contribution in [-0.4, -0.2) is 47.1 Å². The molecule has 0 aliphatic carbocycles. The third-order valence-corrected chi connectivity index (χ3v) is 2.35. The minimum atomic E-state index is -4.24. The number of rotatable bonds is 7. The van der Waals surface area contributed by atoms with Crippen molar-refractivity contribution in [1.82, 2.24) is 4.90 Å². The number of furan rings is 1. The van der Waals surface area contributed by atoms with Crippen LogP contribution in [-0.2, 0) is 6.54 Å². The van der Waals surface area contributed by atoms with Gasteiger partial charge in [0.1, 0.15) is 5.76 Å². The molecule has 4 nitrogen and oxygen atoms in total. The van der Waals surface area contributed by atoms with Crippen molar-refractivity contribution in [3.63, 3.8) is 0 Å². The number of nitrogens with zero attached hydrogens (tertiary/aromatic N) is 1. The van der Waals surface area contributed by atoms with Crippen molar-refractivity contribution in [2.75, 3.05) is 19.7 Å². The predicted molar refractivity (Wildman–Crippen MR) is 57.7 cm³/mol. The second-order valence-corrected chi connectivity index (χ2v) is 4.02. The second-order valence-electron chi connectivity index (χ2n) is 4.02. The fourth-order valence-electron chi connectivity index (χ4n) is 1.50. The lowest BCUT2D eigenvalue weighted by Crippen LogP contribution is -2.36. The van der Waals surface area contributed by atoms with Crippen molar-refractivity contribution in [1.29, 1.82) is 0 Å². The highest BCUT2D eigenvalue weighted by atomic mass is 19.4. The average molecular weight is 267 g/mol. The summed E-state index contributed by atoms with van der Waals surface area (Å²) in [6.45, 7) is -0.602. The van der Waals surface area contributed by atoms with Gasteiger partial charge in [-0.25, -0.2) is 0 Å². The third-order valence-electron chi connectivity index (χ3n) is 2.35. The Morgan fingerprint density at radius 3 is 2.61 bits per heavy atom. The van der Waals surface area contributed by atoms with Crippen molar-refractivity contribution in [2.24, 2.45) is 0 Å². The first-order valence-electron chi connectivity index (χ1n) is 5.51. The highest BCUT2D eigenvalue weighted by molar-refractivity contribution is 4.98. The monoisotopic (exact) mass is 267 g/mol. The quantitative estimate of drug-likeness (QED) is 0.783. The Balaban J connectivity index is 2.51. The van der Waals surface area contributed by atoms with E-state index in [4.69, 9.17) is 9.52 Å². The van der Waals surface area contributed by atoms with Gasteiger partial charge >= 0.3 is 6.18 Å². The van der Waals surface area contributed by atoms with Crippen LogP contribution in [0.3, 0.4) is 0 Å². The minimum absolute atomic E-state index is 0.0344. The Bertz CT molecular complexity index is 327. The van der Waals surface area contributed by atoms with Crippen LogP contribution >= 0.6 is 0 Å². The Labute approximate surface area is 103 Å². The molecule has 1 aromatic heterocycles. The largest absolute Gasteiger partial charge is 0.468 e. The fourth-order valence-corrected chi connectivity index (χ4v) is 1.50. The van der Waals surface area contributed by atoms with Gasteiger partial charge in [-0.3, -0.25) is 4.90 Å². The van der Waals surface area contributed by atoms with Crippen molar-refractivity contribution in [2.45, 2.75) is 25.2 Å². The zero-order valence-electron chi connectivity index (χ0n) is 9.73. The SMILES string of the molecule is OC[C@@H](O)CN(CCC(F)(F)F)Cc1ccco1. The van der Waals surface area contributed by atoms with Crippen LogP contribution in [0.5, 0.6) is 0 Å². The fraction of sp³-hybridized carbons (Fsp3) is 0.636. The molecule has 104 valence electrons. The van der Waals surface area contributed by atoms with Gasteiger partial charge in [0.2, 0.25) is 0 Å². The zero-order valence-corrected chi connectivity index (χ0v) is 9.73. The van der Waals surface area contributed by atoms with E-state index in [2.05, 4.69) is 0 Å². The van der Waals surface area contributed by atoms with Crippen LogP contribution in [0.1, 0.15) is 12.2 Å². The maximum atomic E-state index is 12.2. The van der Waals surface area contributed by atoms with Gasteiger partial charge in [-0.05, 0) is 12.1 Å². The summed E-state index contributed by atoms with van der Waals surface area (Å²) in [7, 11) is 0. The van der Waals surface area contributed by atoms with Gasteiger partial charge in [-0.15, -0.1) is 0 Å². The molecule has 7 heteroatoms. The summed E-state index contributed by atoms with van der Waals surface area (Å²) in [5.74, 6) is 0.516. The molecule has 0 saturated heterocycles. The molecular weight excluding hydrogens is 251 g/mol. The molecule has 0 aliphatic rings. The summed E-state index contributed by atoms with van der Waals surface area (Å²) in [5, 5.41) is 18.0. The third kappa shape index (κ3) is 6.04. The Morgan fingerprint density at radius 2 is 2.11 bits per heavy atom. The van der Waals surface area contributed by atoms with Gasteiger partial charge in [0, 0.05) is 13.1 Å². The molecule has 0 saturated carbocycles. The first-order valence-corrected chi connectivity index (χ1v) is 5.51. The van der Waals surface area contributed by atoms with Crippen LogP contribution in [0.15, 0.2) is 22.8 Å². The average Bonchev–Trinajstić information content (AvgIpc) is 2.77. The molecule has 0 fully saturated rings. The van der Waals surface area contributed by atoms with Crippen LogP contribution in [0.25, 0.3) is 0 Å². The summed E-state index contributed by atoms with van der Waals surface area (Å²) < 4.78 is 41.5. The predicted octanol–water partition coefficient (Wildman–Crippen LogP) is 1.39. The molecule has 0 aliphatic heterocycles. The Hall–Kier alpha value is -1.05. The van der Waals surface area contributed by atoms with Crippen molar-refractivity contribution in [3.05, 3.63) is 24.2 Å². The lowest BCUT2D eigenvalue weighted by atomic mass is 10.3. The maximum absolute atomic E-state index is 12.2. The highest BCUT2D eigenvalue weighted by Gasteiger charge is 2.28. The first kappa shape index (κ1) is 15.0. The lowest BCUT2D eigenvalue weighted by Gasteiger charge is -2.23. The molecule has 0 radical (unpaired) electrons. The zero-order chi connectivity index (χ0) is 13.6. The van der Waals surface area contributed by atoms with E-state index < -0.39 is 25.3 Å². The molecule has 0 bridgehead atoms. The first-order chi connectivity index (χ1) is 8.40. The number of aliphatic hydroxyl groups is 2. The molecular formula is C11H16F3NO3. The van der Waals surface area contributed by atoms with E-state index in [1.165, 1.54) is 11.2 Å². The Kier molecular flexibility index (Phi) is 5.64. The van der Waals surface area contributed by atoms with Gasteiger partial charge in [0.05, 0.1) is 31.9 Å². The summed E-state index contributed by atoms with van der Waals surface area (Å²) in [4.78, 5) is 1.40. The van der Waals surface area contributed by atoms with Gasteiger partial charge < -0.3 is 14.6 Å². The smallest absolute Gasteiger partial charge is 0.390 e. The molecule has 0 unspecified atom stereocenters. The molecule has 18 heavy (non-hydrogen) atoms. The van der Waals surface area contributed by atoms with Crippen LogP contribution < -0.4 is 0 Å². The topological polar surface area (TPSA) is 56.8 Å². The van der Waals surface area contributed by atoms with Gasteiger partial charge in [0.25, 0.3) is 0 Å². The highest BCUT2D eigenvalue weighted by Crippen LogP contribution is 2.20. The van der Waals surface area contributed by atoms with Gasteiger partial charge in [-0.2, -0.15) is 13.2 Å². The van der Waals surface area contributed by atoms with E-state index in [0.717, 1.165) is 0 Å². The van der Waals surface area contributed by atoms with Gasteiger partial charge in [0.15, 0.2) is 0 Å². The van der Waals surface area contributed by atoms with Crippen LogP contribution in [0.2, 0.25) is 0 Å². The van der Waals surface area contributed by atoms with Crippen molar-refractivity contribution >= 4 is 0 Å². The Morgan fingerprint density at radius 1 is 1.39 bits per heavy atom. The molecule has 0 spiro atoms. The van der Waals surface area contributed by atoms with E-state index >= 15 is 0 Å². The van der Waals surface area contributed by atoms with Crippen molar-refractivity contribution < 1.29 is 27.8 Å². The maximum Gasteiger partial charge on any atom is 0.390 e. The van der Waals surface area contributed by atoms with E-state index in [0.29, 0.717) is 5.76 Å². The number of hydrogen-bond donors (Lipinski definition) is 2. The van der Waals surface area contributed by atoms with E-state index in [9.17, 15) is 18.3 Å². The summed E-state index contributed by atoms with van der Waals surface area (Å²) in [5.41, 5.74) is 0. The second kappa shape index (κ2) is 6.77. The van der Waals surface area contributed by atoms with Gasteiger partial charge in [-0.1, -0.05) is 0 Å². The molecule has 1 heterocycles. The van der Waals surface area contributed by atoms with E-state index in [-0.39, 0.29) is 19.6 Å². The van der Waals surface area contributed by atoms with Crippen molar-refractivity contribution in [3.8, 4) is 0 Å². The number of halogens is 3. The molecule has 1 aromatic rings. The minimum Gasteiger partial charge on any atom is -0.468 e. The molecule has 0 aromatic carbocycles. The number of aliphatic hydroxyl groups excluding tert-OH is 2. The molecule has 0 amide bonds.